The highest BCUT2D eigenvalue weighted by molar-refractivity contribution is 6.08. The number of ether oxygens (including phenoxy) is 1. The van der Waals surface area contributed by atoms with Gasteiger partial charge in [-0.15, -0.1) is 0 Å². The average molecular weight is 224 g/mol. The van der Waals surface area contributed by atoms with Crippen LogP contribution < -0.4 is 5.73 Å². The number of imide groups is 1. The summed E-state index contributed by atoms with van der Waals surface area (Å²) in [6.07, 6.45) is 1.39. The lowest BCUT2D eigenvalue weighted by molar-refractivity contribution is -0.145. The second-order valence-electron chi connectivity index (χ2n) is 4.57. The maximum absolute atomic E-state index is 11.9. The van der Waals surface area contributed by atoms with Crippen LogP contribution in [0.2, 0.25) is 0 Å². The molecule has 0 aromatic carbocycles. The van der Waals surface area contributed by atoms with E-state index in [1.807, 2.05) is 0 Å². The lowest BCUT2D eigenvalue weighted by Gasteiger charge is -2.15. The van der Waals surface area contributed by atoms with E-state index in [1.165, 1.54) is 0 Å². The van der Waals surface area contributed by atoms with Crippen LogP contribution in [-0.2, 0) is 19.1 Å². The highest BCUT2D eigenvalue weighted by Gasteiger charge is 2.62. The molecular weight excluding hydrogens is 212 g/mol. The summed E-state index contributed by atoms with van der Waals surface area (Å²) in [4.78, 5) is 35.7. The Hall–Kier alpha value is -1.43. The molecule has 3 saturated heterocycles. The summed E-state index contributed by atoms with van der Waals surface area (Å²) >= 11 is 0. The highest BCUT2D eigenvalue weighted by Crippen LogP contribution is 2.48. The Balaban J connectivity index is 1.89. The lowest BCUT2D eigenvalue weighted by Crippen LogP contribution is -2.40. The highest BCUT2D eigenvalue weighted by atomic mass is 16.5. The van der Waals surface area contributed by atoms with Crippen LogP contribution in [0.1, 0.15) is 12.8 Å². The van der Waals surface area contributed by atoms with Gasteiger partial charge >= 0.3 is 0 Å². The number of fused-ring (bicyclic) bond motifs is 5. The summed E-state index contributed by atoms with van der Waals surface area (Å²) in [5, 5.41) is 0. The second-order valence-corrected chi connectivity index (χ2v) is 4.57. The van der Waals surface area contributed by atoms with Gasteiger partial charge in [0.25, 0.3) is 0 Å². The summed E-state index contributed by atoms with van der Waals surface area (Å²) in [5.41, 5.74) is 5.02. The fourth-order valence-electron chi connectivity index (χ4n) is 3.09. The minimum absolute atomic E-state index is 0.135. The van der Waals surface area contributed by atoms with Gasteiger partial charge in [0.2, 0.25) is 17.7 Å². The third-order valence-corrected chi connectivity index (χ3v) is 3.69. The van der Waals surface area contributed by atoms with E-state index in [4.69, 9.17) is 10.5 Å². The fraction of sp³-hybridized carbons (Fsp3) is 0.700. The van der Waals surface area contributed by atoms with E-state index in [0.717, 1.165) is 17.7 Å². The van der Waals surface area contributed by atoms with Crippen molar-refractivity contribution in [1.29, 1.82) is 0 Å². The minimum atomic E-state index is -0.657. The number of nitrogens with zero attached hydrogens (tertiary/aromatic N) is 1. The summed E-state index contributed by atoms with van der Waals surface area (Å²) in [6, 6.07) is 0. The van der Waals surface area contributed by atoms with Crippen molar-refractivity contribution in [2.45, 2.75) is 25.0 Å². The van der Waals surface area contributed by atoms with E-state index in [0.29, 0.717) is 0 Å². The van der Waals surface area contributed by atoms with Crippen molar-refractivity contribution in [1.82, 2.24) is 4.90 Å². The molecule has 86 valence electrons. The number of likely N-dealkylation sites (tertiary alicyclic amines) is 1. The Morgan fingerprint density at radius 3 is 2.19 bits per heavy atom. The molecule has 0 unspecified atom stereocenters. The molecule has 0 spiro atoms. The van der Waals surface area contributed by atoms with Crippen LogP contribution in [0.25, 0.3) is 0 Å². The van der Waals surface area contributed by atoms with E-state index in [2.05, 4.69) is 0 Å². The van der Waals surface area contributed by atoms with Crippen molar-refractivity contribution in [3.05, 3.63) is 0 Å². The maximum atomic E-state index is 11.9. The predicted molar refractivity (Wildman–Crippen MR) is 50.8 cm³/mol. The molecule has 0 aliphatic carbocycles. The van der Waals surface area contributed by atoms with Gasteiger partial charge in [-0.2, -0.15) is 0 Å². The third kappa shape index (κ3) is 1.07. The standard InChI is InChI=1S/C10H12N2O4/c11-6(13)3-12-9(14)7-4-1-2-5(16-4)8(7)10(12)15/h4-5,7-8H,1-3H2,(H2,11,13)/t4-,5-,7-,8+/m1/s1. The van der Waals surface area contributed by atoms with Crippen LogP contribution in [0.3, 0.4) is 0 Å². The average Bonchev–Trinajstić information content (AvgIpc) is 2.87. The first-order valence-corrected chi connectivity index (χ1v) is 5.38. The topological polar surface area (TPSA) is 89.7 Å². The molecule has 3 amide bonds. The molecule has 3 aliphatic rings. The predicted octanol–water partition coefficient (Wildman–Crippen LogP) is -1.37. The van der Waals surface area contributed by atoms with Crippen molar-refractivity contribution in [2.75, 3.05) is 6.54 Å². The van der Waals surface area contributed by atoms with E-state index in [-0.39, 0.29) is 42.4 Å². The van der Waals surface area contributed by atoms with Crippen molar-refractivity contribution in [3.63, 3.8) is 0 Å². The van der Waals surface area contributed by atoms with Gasteiger partial charge in [0, 0.05) is 0 Å². The molecule has 0 saturated carbocycles. The Morgan fingerprint density at radius 2 is 1.75 bits per heavy atom. The molecule has 2 N–H and O–H groups in total. The first-order valence-electron chi connectivity index (χ1n) is 5.38. The van der Waals surface area contributed by atoms with Gasteiger partial charge in [-0.25, -0.2) is 0 Å². The van der Waals surface area contributed by atoms with Gasteiger partial charge in [0.15, 0.2) is 0 Å². The van der Waals surface area contributed by atoms with Crippen molar-refractivity contribution in [2.24, 2.45) is 17.6 Å². The number of primary amides is 1. The maximum Gasteiger partial charge on any atom is 0.237 e. The van der Waals surface area contributed by atoms with Crippen molar-refractivity contribution in [3.8, 4) is 0 Å². The molecule has 0 aromatic heterocycles. The molecule has 6 nitrogen and oxygen atoms in total. The zero-order chi connectivity index (χ0) is 11.4. The molecule has 2 bridgehead atoms. The number of hydrogen-bond donors (Lipinski definition) is 1. The first-order chi connectivity index (χ1) is 7.59. The number of rotatable bonds is 2. The SMILES string of the molecule is NC(=O)CN1C(=O)[C@@H]2[C@H](C1=O)[C@H]1CC[C@H]2O1. The van der Waals surface area contributed by atoms with E-state index >= 15 is 0 Å². The second kappa shape index (κ2) is 3.04. The summed E-state index contributed by atoms with van der Waals surface area (Å²) < 4.78 is 5.55. The van der Waals surface area contributed by atoms with Gasteiger partial charge in [-0.05, 0) is 12.8 Å². The van der Waals surface area contributed by atoms with Crippen LogP contribution in [0.5, 0.6) is 0 Å². The van der Waals surface area contributed by atoms with Crippen LogP contribution in [-0.4, -0.2) is 41.4 Å². The number of carbonyl (C=O) groups is 3. The molecular formula is C10H12N2O4. The number of nitrogens with two attached hydrogens (primary N) is 1. The van der Waals surface area contributed by atoms with Crippen molar-refractivity contribution < 1.29 is 19.1 Å². The van der Waals surface area contributed by atoms with E-state index < -0.39 is 5.91 Å². The van der Waals surface area contributed by atoms with Crippen LogP contribution in [0.15, 0.2) is 0 Å². The lowest BCUT2D eigenvalue weighted by atomic mass is 9.81. The summed E-state index contributed by atoms with van der Waals surface area (Å²) in [6.45, 7) is -0.301. The monoisotopic (exact) mass is 224 g/mol. The molecule has 6 heteroatoms. The van der Waals surface area contributed by atoms with Crippen LogP contribution in [0, 0.1) is 11.8 Å². The molecule has 0 radical (unpaired) electrons. The Morgan fingerprint density at radius 1 is 1.25 bits per heavy atom. The van der Waals surface area contributed by atoms with Crippen LogP contribution >= 0.6 is 0 Å². The molecule has 4 atom stereocenters. The summed E-state index contributed by atoms with van der Waals surface area (Å²) in [5.74, 6) is -1.98. The minimum Gasteiger partial charge on any atom is -0.373 e. The van der Waals surface area contributed by atoms with Crippen molar-refractivity contribution >= 4 is 17.7 Å². The Kier molecular flexibility index (Phi) is 1.85. The van der Waals surface area contributed by atoms with E-state index in [9.17, 15) is 14.4 Å². The Bertz CT molecular complexity index is 366. The zero-order valence-electron chi connectivity index (χ0n) is 8.59. The third-order valence-electron chi connectivity index (χ3n) is 3.69. The number of amides is 3. The normalized spacial score (nSPS) is 40.6. The van der Waals surface area contributed by atoms with Gasteiger partial charge in [0.1, 0.15) is 6.54 Å². The number of carbonyl (C=O) groups excluding carboxylic acids is 3. The van der Waals surface area contributed by atoms with Gasteiger partial charge in [0.05, 0.1) is 24.0 Å². The summed E-state index contributed by atoms with van der Waals surface area (Å²) in [7, 11) is 0. The van der Waals surface area contributed by atoms with Gasteiger partial charge in [-0.3, -0.25) is 19.3 Å². The molecule has 3 rings (SSSR count). The smallest absolute Gasteiger partial charge is 0.237 e. The zero-order valence-corrected chi connectivity index (χ0v) is 8.59. The molecule has 16 heavy (non-hydrogen) atoms. The molecule has 0 aromatic rings. The molecule has 3 fully saturated rings. The fourth-order valence-corrected chi connectivity index (χ4v) is 3.09. The van der Waals surface area contributed by atoms with Gasteiger partial charge < -0.3 is 10.5 Å². The van der Waals surface area contributed by atoms with E-state index in [1.54, 1.807) is 0 Å². The largest absolute Gasteiger partial charge is 0.373 e. The molecule has 3 aliphatic heterocycles. The quantitative estimate of drug-likeness (QED) is 0.586. The first kappa shape index (κ1) is 9.77. The van der Waals surface area contributed by atoms with Gasteiger partial charge in [-0.1, -0.05) is 0 Å². The molecule has 3 heterocycles. The number of hydrogen-bond acceptors (Lipinski definition) is 4. The Labute approximate surface area is 91.7 Å². The van der Waals surface area contributed by atoms with Crippen LogP contribution in [0.4, 0.5) is 0 Å².